The van der Waals surface area contributed by atoms with Gasteiger partial charge in [-0.05, 0) is 52.0 Å². The first-order chi connectivity index (χ1) is 17.0. The van der Waals surface area contributed by atoms with E-state index in [1.807, 2.05) is 26.0 Å². The summed E-state index contributed by atoms with van der Waals surface area (Å²) < 4.78 is 31.4. The first-order valence-electron chi connectivity index (χ1n) is 11.6. The molecule has 1 aliphatic heterocycles. The van der Waals surface area contributed by atoms with Crippen LogP contribution >= 0.6 is 11.6 Å². The van der Waals surface area contributed by atoms with E-state index in [1.165, 1.54) is 0 Å². The van der Waals surface area contributed by atoms with Crippen LogP contribution in [0.3, 0.4) is 0 Å². The Morgan fingerprint density at radius 1 is 1.08 bits per heavy atom. The average Bonchev–Trinajstić information content (AvgIpc) is 2.82. The summed E-state index contributed by atoms with van der Waals surface area (Å²) in [4.78, 5) is 15.5. The molecular weight excluding hydrogens is 502 g/mol. The molecule has 0 bridgehead atoms. The van der Waals surface area contributed by atoms with Crippen molar-refractivity contribution in [1.29, 1.82) is 0 Å². The van der Waals surface area contributed by atoms with Crippen LogP contribution in [-0.2, 0) is 14.6 Å². The minimum atomic E-state index is -3.55. The van der Waals surface area contributed by atoms with Gasteiger partial charge in [0.05, 0.1) is 39.9 Å². The molecule has 1 fully saturated rings. The van der Waals surface area contributed by atoms with Gasteiger partial charge in [0.15, 0.2) is 15.7 Å². The van der Waals surface area contributed by atoms with E-state index in [1.54, 1.807) is 44.3 Å². The fourth-order valence-electron chi connectivity index (χ4n) is 3.94. The second kappa shape index (κ2) is 10.5. The molecule has 3 heterocycles. The van der Waals surface area contributed by atoms with Crippen molar-refractivity contribution in [2.75, 3.05) is 34.4 Å². The highest BCUT2D eigenvalue weighted by Crippen LogP contribution is 2.33. The highest BCUT2D eigenvalue weighted by molar-refractivity contribution is 7.92. The maximum absolute atomic E-state index is 12.8. The van der Waals surface area contributed by atoms with Gasteiger partial charge in [-0.25, -0.2) is 13.4 Å². The van der Waals surface area contributed by atoms with Crippen LogP contribution in [0.15, 0.2) is 47.5 Å². The van der Waals surface area contributed by atoms with Gasteiger partial charge in [-0.1, -0.05) is 23.7 Å². The number of morpholine rings is 1. The third kappa shape index (κ3) is 5.63. The molecule has 2 aromatic heterocycles. The molecule has 12 heteroatoms. The largest absolute Gasteiger partial charge is 0.382 e. The highest BCUT2D eigenvalue weighted by atomic mass is 35.5. The Labute approximate surface area is 216 Å². The Kier molecular flexibility index (Phi) is 7.53. The number of pyridine rings is 1. The van der Waals surface area contributed by atoms with E-state index in [-0.39, 0.29) is 39.7 Å². The third-order valence-corrected chi connectivity index (χ3v) is 8.27. The molecule has 0 amide bonds. The topological polar surface area (TPSA) is 135 Å². The summed E-state index contributed by atoms with van der Waals surface area (Å²) in [7, 11) is -3.55. The minimum absolute atomic E-state index is 0.0433. The van der Waals surface area contributed by atoms with Crippen molar-refractivity contribution in [3.63, 3.8) is 0 Å². The molecule has 2 atom stereocenters. The molecule has 1 aliphatic rings. The highest BCUT2D eigenvalue weighted by Gasteiger charge is 2.24. The summed E-state index contributed by atoms with van der Waals surface area (Å²) in [5, 5.41) is 5.59. The first kappa shape index (κ1) is 25.9. The number of nitrogens with two attached hydrogens (primary N) is 1. The fourth-order valence-corrected chi connectivity index (χ4v) is 5.28. The Balaban J connectivity index is 1.57. The van der Waals surface area contributed by atoms with E-state index in [0.29, 0.717) is 11.4 Å². The standard InChI is InChI=1S/C24H30ClN7O3S/c1-14(2)36(33,34)19-8-6-5-7-18(19)29-23-21(25)22(26)30-24(31-23)28-17-9-10-20(27-11-17)32-12-15(3)35-16(4)13-32/h5-11,14-16H,12-13H2,1-4H3,(H4,26,28,29,30,31). The van der Waals surface area contributed by atoms with Crippen molar-refractivity contribution in [2.24, 2.45) is 0 Å². The zero-order chi connectivity index (χ0) is 26.0. The molecule has 0 radical (unpaired) electrons. The molecule has 0 saturated carbocycles. The van der Waals surface area contributed by atoms with Gasteiger partial charge >= 0.3 is 0 Å². The van der Waals surface area contributed by atoms with Gasteiger partial charge in [-0.15, -0.1) is 0 Å². The molecule has 0 spiro atoms. The van der Waals surface area contributed by atoms with Gasteiger partial charge in [0.2, 0.25) is 5.95 Å². The number of para-hydroxylation sites is 1. The molecule has 4 rings (SSSR count). The first-order valence-corrected chi connectivity index (χ1v) is 13.5. The van der Waals surface area contributed by atoms with Crippen LogP contribution in [0.1, 0.15) is 27.7 Å². The molecule has 4 N–H and O–H groups in total. The van der Waals surface area contributed by atoms with E-state index >= 15 is 0 Å². The normalized spacial score (nSPS) is 18.3. The van der Waals surface area contributed by atoms with Crippen LogP contribution in [-0.4, -0.2) is 53.9 Å². The number of aromatic nitrogens is 3. The number of nitrogen functional groups attached to an aromatic ring is 1. The number of hydrogen-bond donors (Lipinski definition) is 3. The Morgan fingerprint density at radius 3 is 2.42 bits per heavy atom. The number of anilines is 6. The van der Waals surface area contributed by atoms with Crippen LogP contribution < -0.4 is 21.3 Å². The average molecular weight is 532 g/mol. The van der Waals surface area contributed by atoms with Gasteiger partial charge in [0, 0.05) is 13.1 Å². The zero-order valence-electron chi connectivity index (χ0n) is 20.6. The van der Waals surface area contributed by atoms with Crippen molar-refractivity contribution in [1.82, 2.24) is 15.0 Å². The number of ether oxygens (including phenoxy) is 1. The Morgan fingerprint density at radius 2 is 1.78 bits per heavy atom. The van der Waals surface area contributed by atoms with Crippen LogP contribution in [0.4, 0.5) is 34.8 Å². The molecule has 2 unspecified atom stereocenters. The van der Waals surface area contributed by atoms with Crippen molar-refractivity contribution in [3.8, 4) is 0 Å². The van der Waals surface area contributed by atoms with Crippen LogP contribution in [0.25, 0.3) is 0 Å². The van der Waals surface area contributed by atoms with Crippen LogP contribution in [0.5, 0.6) is 0 Å². The lowest BCUT2D eigenvalue weighted by atomic mass is 10.2. The van der Waals surface area contributed by atoms with E-state index in [0.717, 1.165) is 18.9 Å². The summed E-state index contributed by atoms with van der Waals surface area (Å²) in [6.07, 6.45) is 1.95. The lowest BCUT2D eigenvalue weighted by molar-refractivity contribution is -0.00545. The maximum atomic E-state index is 12.8. The van der Waals surface area contributed by atoms with Crippen molar-refractivity contribution in [2.45, 2.75) is 50.0 Å². The molecule has 1 saturated heterocycles. The second-order valence-corrected chi connectivity index (χ2v) is 11.9. The van der Waals surface area contributed by atoms with Gasteiger partial charge in [-0.2, -0.15) is 9.97 Å². The number of benzene rings is 1. The zero-order valence-corrected chi connectivity index (χ0v) is 22.1. The maximum Gasteiger partial charge on any atom is 0.231 e. The van der Waals surface area contributed by atoms with Crippen molar-refractivity contribution in [3.05, 3.63) is 47.6 Å². The lowest BCUT2D eigenvalue weighted by Crippen LogP contribution is -2.45. The molecular formula is C24H30ClN7O3S. The molecule has 3 aromatic rings. The molecule has 1 aromatic carbocycles. The van der Waals surface area contributed by atoms with Gasteiger partial charge in [-0.3, -0.25) is 0 Å². The minimum Gasteiger partial charge on any atom is -0.382 e. The predicted molar refractivity (Wildman–Crippen MR) is 143 cm³/mol. The van der Waals surface area contributed by atoms with E-state index < -0.39 is 15.1 Å². The van der Waals surface area contributed by atoms with Gasteiger partial charge in [0.25, 0.3) is 0 Å². The fraction of sp³-hybridized carbons (Fsp3) is 0.375. The lowest BCUT2D eigenvalue weighted by Gasteiger charge is -2.36. The summed E-state index contributed by atoms with van der Waals surface area (Å²) in [6, 6.07) is 10.4. The number of hydrogen-bond acceptors (Lipinski definition) is 10. The Hall–Kier alpha value is -3.15. The van der Waals surface area contributed by atoms with Crippen LogP contribution in [0, 0.1) is 0 Å². The van der Waals surface area contributed by atoms with Gasteiger partial charge < -0.3 is 26.0 Å². The van der Waals surface area contributed by atoms with E-state index in [4.69, 9.17) is 22.1 Å². The number of rotatable bonds is 7. The smallest absolute Gasteiger partial charge is 0.231 e. The Bertz CT molecular complexity index is 1330. The number of nitrogens with one attached hydrogen (secondary N) is 2. The van der Waals surface area contributed by atoms with Crippen molar-refractivity contribution < 1.29 is 13.2 Å². The SMILES string of the molecule is CC1CN(c2ccc(Nc3nc(N)c(Cl)c(Nc4ccccc4S(=O)(=O)C(C)C)n3)cn2)CC(C)O1. The van der Waals surface area contributed by atoms with E-state index in [2.05, 4.69) is 30.5 Å². The monoisotopic (exact) mass is 531 g/mol. The van der Waals surface area contributed by atoms with Gasteiger partial charge in [0.1, 0.15) is 16.7 Å². The second-order valence-electron chi connectivity index (χ2n) is 9.00. The number of halogens is 1. The van der Waals surface area contributed by atoms with Crippen molar-refractivity contribution >= 4 is 56.2 Å². The molecule has 0 aliphatic carbocycles. The van der Waals surface area contributed by atoms with E-state index in [9.17, 15) is 8.42 Å². The quantitative estimate of drug-likeness (QED) is 0.402. The van der Waals surface area contributed by atoms with Crippen LogP contribution in [0.2, 0.25) is 5.02 Å². The predicted octanol–water partition coefficient (Wildman–Crippen LogP) is 4.39. The number of sulfone groups is 1. The molecule has 192 valence electrons. The number of nitrogens with zero attached hydrogens (tertiary/aromatic N) is 4. The third-order valence-electron chi connectivity index (χ3n) is 5.69. The molecule has 10 nitrogen and oxygen atoms in total. The summed E-state index contributed by atoms with van der Waals surface area (Å²) in [6.45, 7) is 8.88. The molecule has 36 heavy (non-hydrogen) atoms. The summed E-state index contributed by atoms with van der Waals surface area (Å²) in [5.41, 5.74) is 7.03. The summed E-state index contributed by atoms with van der Waals surface area (Å²) in [5.74, 6) is 1.26. The summed E-state index contributed by atoms with van der Waals surface area (Å²) >= 11 is 6.36.